The van der Waals surface area contributed by atoms with E-state index in [0.29, 0.717) is 6.04 Å². The Morgan fingerprint density at radius 3 is 2.48 bits per heavy atom. The molecular weight excluding hydrogens is 258 g/mol. The van der Waals surface area contributed by atoms with Gasteiger partial charge in [-0.15, -0.1) is 0 Å². The molecular formula is C19H29NO. The van der Waals surface area contributed by atoms with Gasteiger partial charge in [0.25, 0.3) is 0 Å². The predicted molar refractivity (Wildman–Crippen MR) is 87.4 cm³/mol. The van der Waals surface area contributed by atoms with Crippen molar-refractivity contribution in [1.82, 2.24) is 5.32 Å². The van der Waals surface area contributed by atoms with Crippen LogP contribution >= 0.6 is 0 Å². The first-order chi connectivity index (χ1) is 10.3. The smallest absolute Gasteiger partial charge is 0.0502 e. The van der Waals surface area contributed by atoms with Crippen LogP contribution in [0.2, 0.25) is 0 Å². The molecule has 0 spiro atoms. The van der Waals surface area contributed by atoms with Crippen molar-refractivity contribution in [1.29, 1.82) is 0 Å². The number of benzene rings is 1. The second-order valence-corrected chi connectivity index (χ2v) is 6.90. The summed E-state index contributed by atoms with van der Waals surface area (Å²) in [6.07, 6.45) is 6.61. The van der Waals surface area contributed by atoms with Crippen molar-refractivity contribution in [3.05, 3.63) is 35.4 Å². The Kier molecular flexibility index (Phi) is 4.97. The number of fused-ring (bicyclic) bond motifs is 1. The van der Waals surface area contributed by atoms with Crippen LogP contribution in [-0.2, 0) is 11.2 Å². The molecule has 21 heavy (non-hydrogen) atoms. The summed E-state index contributed by atoms with van der Waals surface area (Å²) >= 11 is 0. The molecule has 2 aliphatic carbocycles. The lowest BCUT2D eigenvalue weighted by Gasteiger charge is -2.27. The fourth-order valence-corrected chi connectivity index (χ4v) is 4.00. The Morgan fingerprint density at radius 1 is 1.14 bits per heavy atom. The molecule has 116 valence electrons. The SMILES string of the molecule is CCCNC(c1ccc(CCOC)cc1)C1CC2CC2C1. The fourth-order valence-electron chi connectivity index (χ4n) is 4.00. The van der Waals surface area contributed by atoms with Crippen LogP contribution in [0.4, 0.5) is 0 Å². The van der Waals surface area contributed by atoms with Crippen molar-refractivity contribution in [2.75, 3.05) is 20.3 Å². The average molecular weight is 287 g/mol. The minimum atomic E-state index is 0.564. The molecule has 3 rings (SSSR count). The zero-order chi connectivity index (χ0) is 14.7. The first kappa shape index (κ1) is 15.1. The molecule has 0 aromatic heterocycles. The van der Waals surface area contributed by atoms with Crippen LogP contribution in [0.5, 0.6) is 0 Å². The van der Waals surface area contributed by atoms with Gasteiger partial charge in [0.05, 0.1) is 6.61 Å². The van der Waals surface area contributed by atoms with Crippen molar-refractivity contribution in [2.45, 2.75) is 45.1 Å². The summed E-state index contributed by atoms with van der Waals surface area (Å²) < 4.78 is 5.16. The van der Waals surface area contributed by atoms with E-state index in [2.05, 4.69) is 36.5 Å². The maximum absolute atomic E-state index is 5.16. The first-order valence-corrected chi connectivity index (χ1v) is 8.63. The molecule has 1 N–H and O–H groups in total. The van der Waals surface area contributed by atoms with Gasteiger partial charge in [-0.3, -0.25) is 0 Å². The molecule has 0 amide bonds. The van der Waals surface area contributed by atoms with Crippen LogP contribution in [0.25, 0.3) is 0 Å². The fraction of sp³-hybridized carbons (Fsp3) is 0.684. The minimum Gasteiger partial charge on any atom is -0.384 e. The van der Waals surface area contributed by atoms with Crippen molar-refractivity contribution < 1.29 is 4.74 Å². The maximum Gasteiger partial charge on any atom is 0.0502 e. The highest BCUT2D eigenvalue weighted by molar-refractivity contribution is 5.26. The quantitative estimate of drug-likeness (QED) is 0.781. The Hall–Kier alpha value is -0.860. The number of hydrogen-bond acceptors (Lipinski definition) is 2. The van der Waals surface area contributed by atoms with E-state index in [1.54, 1.807) is 7.11 Å². The van der Waals surface area contributed by atoms with Gasteiger partial charge in [0.2, 0.25) is 0 Å². The van der Waals surface area contributed by atoms with Crippen LogP contribution in [0.15, 0.2) is 24.3 Å². The Balaban J connectivity index is 1.66. The average Bonchev–Trinajstić information content (AvgIpc) is 3.13. The van der Waals surface area contributed by atoms with Crippen molar-refractivity contribution >= 4 is 0 Å². The number of nitrogens with one attached hydrogen (secondary N) is 1. The zero-order valence-corrected chi connectivity index (χ0v) is 13.5. The molecule has 3 unspecified atom stereocenters. The topological polar surface area (TPSA) is 21.3 Å². The Bertz CT molecular complexity index is 431. The second kappa shape index (κ2) is 6.93. The van der Waals surface area contributed by atoms with Crippen LogP contribution in [-0.4, -0.2) is 20.3 Å². The third kappa shape index (κ3) is 3.67. The van der Waals surface area contributed by atoms with Crippen molar-refractivity contribution in [3.63, 3.8) is 0 Å². The van der Waals surface area contributed by atoms with Gasteiger partial charge in [0.1, 0.15) is 0 Å². The minimum absolute atomic E-state index is 0.564. The van der Waals surface area contributed by atoms with Gasteiger partial charge < -0.3 is 10.1 Å². The van der Waals surface area contributed by atoms with E-state index < -0.39 is 0 Å². The number of hydrogen-bond donors (Lipinski definition) is 1. The highest BCUT2D eigenvalue weighted by Crippen LogP contribution is 2.57. The third-order valence-corrected chi connectivity index (χ3v) is 5.30. The molecule has 2 heteroatoms. The lowest BCUT2D eigenvalue weighted by molar-refractivity contribution is 0.202. The van der Waals surface area contributed by atoms with Gasteiger partial charge in [-0.1, -0.05) is 31.2 Å². The summed E-state index contributed by atoms with van der Waals surface area (Å²) in [4.78, 5) is 0. The van der Waals surface area contributed by atoms with E-state index in [1.807, 2.05) is 0 Å². The number of methoxy groups -OCH3 is 1. The molecule has 2 aliphatic rings. The van der Waals surface area contributed by atoms with Crippen LogP contribution < -0.4 is 5.32 Å². The van der Waals surface area contributed by atoms with E-state index in [0.717, 1.165) is 37.3 Å². The van der Waals surface area contributed by atoms with E-state index >= 15 is 0 Å². The maximum atomic E-state index is 5.16. The Labute approximate surface area is 129 Å². The molecule has 0 heterocycles. The molecule has 0 aliphatic heterocycles. The van der Waals surface area contributed by atoms with Gasteiger partial charge >= 0.3 is 0 Å². The molecule has 2 nitrogen and oxygen atoms in total. The molecule has 1 aromatic carbocycles. The summed E-state index contributed by atoms with van der Waals surface area (Å²) in [6.45, 7) is 4.19. The summed E-state index contributed by atoms with van der Waals surface area (Å²) in [5, 5.41) is 3.81. The standard InChI is InChI=1S/C19H29NO/c1-3-9-20-19(18-12-16-11-17(16)13-18)15-6-4-14(5-7-15)8-10-21-2/h4-7,16-20H,3,8-13H2,1-2H3. The van der Waals surface area contributed by atoms with Crippen molar-refractivity contribution in [3.8, 4) is 0 Å². The van der Waals surface area contributed by atoms with E-state index in [9.17, 15) is 0 Å². The highest BCUT2D eigenvalue weighted by Gasteiger charge is 2.47. The molecule has 1 aromatic rings. The molecule has 0 saturated heterocycles. The highest BCUT2D eigenvalue weighted by atomic mass is 16.5. The Morgan fingerprint density at radius 2 is 1.86 bits per heavy atom. The van der Waals surface area contributed by atoms with Gasteiger partial charge in [-0.25, -0.2) is 0 Å². The van der Waals surface area contributed by atoms with E-state index in [4.69, 9.17) is 4.74 Å². The van der Waals surface area contributed by atoms with Crippen LogP contribution in [0.1, 0.15) is 49.8 Å². The predicted octanol–water partition coefficient (Wildman–Crippen LogP) is 3.96. The number of ether oxygens (including phenoxy) is 1. The van der Waals surface area contributed by atoms with Crippen LogP contribution in [0, 0.1) is 17.8 Å². The molecule has 0 bridgehead atoms. The monoisotopic (exact) mass is 287 g/mol. The number of rotatable bonds is 8. The summed E-state index contributed by atoms with van der Waals surface area (Å²) in [7, 11) is 1.77. The van der Waals surface area contributed by atoms with Gasteiger partial charge in [-0.05, 0) is 67.5 Å². The normalized spacial score (nSPS) is 28.4. The largest absolute Gasteiger partial charge is 0.384 e. The lowest BCUT2D eigenvalue weighted by Crippen LogP contribution is -2.28. The van der Waals surface area contributed by atoms with Gasteiger partial charge in [-0.2, -0.15) is 0 Å². The lowest BCUT2D eigenvalue weighted by atomic mass is 9.88. The molecule has 0 radical (unpaired) electrons. The molecule has 3 atom stereocenters. The summed E-state index contributed by atoms with van der Waals surface area (Å²) in [5.41, 5.74) is 2.86. The van der Waals surface area contributed by atoms with Gasteiger partial charge in [0, 0.05) is 13.2 Å². The second-order valence-electron chi connectivity index (χ2n) is 6.90. The third-order valence-electron chi connectivity index (χ3n) is 5.30. The van der Waals surface area contributed by atoms with Crippen LogP contribution in [0.3, 0.4) is 0 Å². The van der Waals surface area contributed by atoms with Crippen molar-refractivity contribution in [2.24, 2.45) is 17.8 Å². The zero-order valence-electron chi connectivity index (χ0n) is 13.5. The molecule has 2 fully saturated rings. The van der Waals surface area contributed by atoms with E-state index in [1.165, 1.54) is 36.8 Å². The first-order valence-electron chi connectivity index (χ1n) is 8.63. The summed E-state index contributed by atoms with van der Waals surface area (Å²) in [5.74, 6) is 2.97. The summed E-state index contributed by atoms with van der Waals surface area (Å²) in [6, 6.07) is 9.80. The van der Waals surface area contributed by atoms with Gasteiger partial charge in [0.15, 0.2) is 0 Å². The van der Waals surface area contributed by atoms with E-state index in [-0.39, 0.29) is 0 Å². The molecule has 2 saturated carbocycles.